The lowest BCUT2D eigenvalue weighted by molar-refractivity contribution is -0.127. The molecule has 2 aromatic carbocycles. The van der Waals surface area contributed by atoms with Gasteiger partial charge in [0.15, 0.2) is 5.78 Å². The fraction of sp³-hybridized carbons (Fsp3) is 0.333. The lowest BCUT2D eigenvalue weighted by Gasteiger charge is -2.17. The van der Waals surface area contributed by atoms with Crippen LogP contribution in [0.4, 0.5) is 0 Å². The molecule has 150 valence electrons. The van der Waals surface area contributed by atoms with Crippen molar-refractivity contribution in [1.29, 1.82) is 0 Å². The van der Waals surface area contributed by atoms with E-state index in [9.17, 15) is 13.8 Å². The number of ketones is 1. The van der Waals surface area contributed by atoms with E-state index in [1.54, 1.807) is 25.2 Å². The van der Waals surface area contributed by atoms with Gasteiger partial charge in [-0.05, 0) is 37.3 Å². The van der Waals surface area contributed by atoms with Crippen LogP contribution in [0.1, 0.15) is 22.8 Å². The lowest BCUT2D eigenvalue weighted by Crippen LogP contribution is -2.34. The molecule has 0 heterocycles. The molecule has 0 aliphatic heterocycles. The highest BCUT2D eigenvalue weighted by molar-refractivity contribution is 7.84. The van der Waals surface area contributed by atoms with Crippen LogP contribution in [0.25, 0.3) is 0 Å². The summed E-state index contributed by atoms with van der Waals surface area (Å²) in [6, 6.07) is 14.4. The third-order valence-corrected chi connectivity index (χ3v) is 5.35. The summed E-state index contributed by atoms with van der Waals surface area (Å²) in [5, 5.41) is 0. The molecule has 0 saturated heterocycles. The fourth-order valence-electron chi connectivity index (χ4n) is 2.52. The molecule has 2 rings (SSSR count). The van der Waals surface area contributed by atoms with Gasteiger partial charge < -0.3 is 14.4 Å². The summed E-state index contributed by atoms with van der Waals surface area (Å²) >= 11 is 0. The summed E-state index contributed by atoms with van der Waals surface area (Å²) in [7, 11) is 1.75. The van der Waals surface area contributed by atoms with E-state index in [-0.39, 0.29) is 23.2 Å². The maximum atomic E-state index is 12.5. The Morgan fingerprint density at radius 1 is 1.11 bits per heavy atom. The normalized spacial score (nSPS) is 11.5. The number of hydrogen-bond acceptors (Lipinski definition) is 5. The number of hydrogen-bond donors (Lipinski definition) is 0. The van der Waals surface area contributed by atoms with Gasteiger partial charge in [-0.15, -0.1) is 0 Å². The standard InChI is InChI=1S/C21H25NO5S/c1-16(23)17-9-10-20(26-3)18(13-17)14-28(25)15-21(24)22(2)11-12-27-19-7-5-4-6-8-19/h4-10,13H,11-12,14-15H2,1-3H3/t28-/m0/s1. The Morgan fingerprint density at radius 2 is 1.82 bits per heavy atom. The van der Waals surface area contributed by atoms with Gasteiger partial charge in [-0.3, -0.25) is 13.8 Å². The van der Waals surface area contributed by atoms with Gasteiger partial charge in [-0.25, -0.2) is 0 Å². The zero-order valence-electron chi connectivity index (χ0n) is 16.3. The van der Waals surface area contributed by atoms with E-state index in [0.29, 0.717) is 30.0 Å². The second-order valence-electron chi connectivity index (χ2n) is 6.29. The molecule has 0 unspecified atom stereocenters. The van der Waals surface area contributed by atoms with E-state index in [1.807, 2.05) is 30.3 Å². The largest absolute Gasteiger partial charge is 0.496 e. The molecule has 28 heavy (non-hydrogen) atoms. The number of carbonyl (C=O) groups excluding carboxylic acids is 2. The Bertz CT molecular complexity index is 838. The third kappa shape index (κ3) is 6.49. The molecule has 0 spiro atoms. The first-order chi connectivity index (χ1) is 13.4. The number of rotatable bonds is 10. The molecule has 1 atom stereocenters. The van der Waals surface area contributed by atoms with E-state index in [1.165, 1.54) is 18.9 Å². The first kappa shape index (κ1) is 21.6. The van der Waals surface area contributed by atoms with Gasteiger partial charge in [0.05, 0.1) is 19.4 Å². The van der Waals surface area contributed by atoms with E-state index in [0.717, 1.165) is 5.75 Å². The molecule has 0 bridgehead atoms. The molecule has 0 radical (unpaired) electrons. The molecular formula is C21H25NO5S. The monoisotopic (exact) mass is 403 g/mol. The molecule has 0 saturated carbocycles. The van der Waals surface area contributed by atoms with Gasteiger partial charge >= 0.3 is 0 Å². The summed E-state index contributed by atoms with van der Waals surface area (Å²) in [6.07, 6.45) is 0. The molecule has 1 amide bonds. The summed E-state index contributed by atoms with van der Waals surface area (Å²) in [5.41, 5.74) is 1.17. The summed E-state index contributed by atoms with van der Waals surface area (Å²) in [6.45, 7) is 2.22. The van der Waals surface area contributed by atoms with Crippen molar-refractivity contribution in [1.82, 2.24) is 4.90 Å². The molecule has 0 fully saturated rings. The maximum Gasteiger partial charge on any atom is 0.235 e. The fourth-order valence-corrected chi connectivity index (χ4v) is 3.69. The second-order valence-corrected chi connectivity index (χ2v) is 7.75. The molecule has 0 aliphatic rings. The van der Waals surface area contributed by atoms with Crippen molar-refractivity contribution in [2.45, 2.75) is 12.7 Å². The molecule has 0 N–H and O–H groups in total. The minimum Gasteiger partial charge on any atom is -0.496 e. The maximum absolute atomic E-state index is 12.5. The van der Waals surface area contributed by atoms with E-state index >= 15 is 0 Å². The van der Waals surface area contributed by atoms with Crippen LogP contribution in [0.15, 0.2) is 48.5 Å². The minimum absolute atomic E-state index is 0.0797. The van der Waals surface area contributed by atoms with Gasteiger partial charge in [0.25, 0.3) is 0 Å². The number of methoxy groups -OCH3 is 1. The van der Waals surface area contributed by atoms with Gasteiger partial charge in [-0.2, -0.15) is 0 Å². The Balaban J connectivity index is 1.87. The van der Waals surface area contributed by atoms with Crippen molar-refractivity contribution >= 4 is 22.5 Å². The predicted molar refractivity (Wildman–Crippen MR) is 109 cm³/mol. The van der Waals surface area contributed by atoms with Crippen LogP contribution in [0.3, 0.4) is 0 Å². The van der Waals surface area contributed by atoms with E-state index in [4.69, 9.17) is 9.47 Å². The smallest absolute Gasteiger partial charge is 0.235 e. The van der Waals surface area contributed by atoms with Crippen LogP contribution in [0.2, 0.25) is 0 Å². The summed E-state index contributed by atoms with van der Waals surface area (Å²) in [5.74, 6) is 1.03. The van der Waals surface area contributed by atoms with Crippen molar-refractivity contribution in [3.05, 3.63) is 59.7 Å². The topological polar surface area (TPSA) is 72.9 Å². The third-order valence-electron chi connectivity index (χ3n) is 4.15. The summed E-state index contributed by atoms with van der Waals surface area (Å²) < 4.78 is 23.3. The Labute approximate surface area is 167 Å². The van der Waals surface area contributed by atoms with Crippen molar-refractivity contribution in [2.24, 2.45) is 0 Å². The van der Waals surface area contributed by atoms with Crippen LogP contribution >= 0.6 is 0 Å². The molecule has 7 heteroatoms. The highest BCUT2D eigenvalue weighted by Gasteiger charge is 2.16. The van der Waals surface area contributed by atoms with Gasteiger partial charge in [0.1, 0.15) is 23.9 Å². The van der Waals surface area contributed by atoms with Crippen molar-refractivity contribution < 1.29 is 23.3 Å². The zero-order chi connectivity index (χ0) is 20.5. The Kier molecular flexibility index (Phi) is 8.19. The number of ether oxygens (including phenoxy) is 2. The van der Waals surface area contributed by atoms with E-state index in [2.05, 4.69) is 0 Å². The number of amides is 1. The molecule has 2 aromatic rings. The van der Waals surface area contributed by atoms with Crippen molar-refractivity contribution in [3.8, 4) is 11.5 Å². The Morgan fingerprint density at radius 3 is 2.46 bits per heavy atom. The quantitative estimate of drug-likeness (QED) is 0.571. The van der Waals surface area contributed by atoms with Crippen LogP contribution in [-0.4, -0.2) is 53.9 Å². The number of likely N-dealkylation sites (N-methyl/N-ethyl adjacent to an activating group) is 1. The average molecular weight is 404 g/mol. The average Bonchev–Trinajstić information content (AvgIpc) is 2.68. The van der Waals surface area contributed by atoms with Crippen LogP contribution in [0, 0.1) is 0 Å². The number of benzene rings is 2. The number of carbonyl (C=O) groups is 2. The highest BCUT2D eigenvalue weighted by Crippen LogP contribution is 2.22. The molecular weight excluding hydrogens is 378 g/mol. The first-order valence-electron chi connectivity index (χ1n) is 8.85. The highest BCUT2D eigenvalue weighted by atomic mass is 32.2. The number of para-hydroxylation sites is 1. The first-order valence-corrected chi connectivity index (χ1v) is 10.3. The van der Waals surface area contributed by atoms with Gasteiger partial charge in [0.2, 0.25) is 5.91 Å². The van der Waals surface area contributed by atoms with Gasteiger partial charge in [0, 0.05) is 29.0 Å². The van der Waals surface area contributed by atoms with E-state index < -0.39 is 10.8 Å². The van der Waals surface area contributed by atoms with Crippen molar-refractivity contribution in [2.75, 3.05) is 33.1 Å². The van der Waals surface area contributed by atoms with Crippen molar-refractivity contribution in [3.63, 3.8) is 0 Å². The lowest BCUT2D eigenvalue weighted by atomic mass is 10.1. The summed E-state index contributed by atoms with van der Waals surface area (Å²) in [4.78, 5) is 25.4. The zero-order valence-corrected chi connectivity index (χ0v) is 17.2. The Hall–Kier alpha value is -2.67. The second kappa shape index (κ2) is 10.6. The number of nitrogens with zero attached hydrogens (tertiary/aromatic N) is 1. The molecule has 0 aromatic heterocycles. The molecule has 0 aliphatic carbocycles. The van der Waals surface area contributed by atoms with Crippen LogP contribution in [0.5, 0.6) is 11.5 Å². The number of Topliss-reactive ketones (excluding diaryl/α,β-unsaturated/α-hetero) is 1. The SMILES string of the molecule is COc1ccc(C(C)=O)cc1C[S@](=O)CC(=O)N(C)CCOc1ccccc1. The van der Waals surface area contributed by atoms with Crippen LogP contribution in [-0.2, 0) is 21.3 Å². The van der Waals surface area contributed by atoms with Gasteiger partial charge in [-0.1, -0.05) is 18.2 Å². The predicted octanol–water partition coefficient (Wildman–Crippen LogP) is 2.68. The molecule has 6 nitrogen and oxygen atoms in total. The van der Waals surface area contributed by atoms with Crippen LogP contribution < -0.4 is 9.47 Å². The minimum atomic E-state index is -1.42.